The summed E-state index contributed by atoms with van der Waals surface area (Å²) in [6, 6.07) is 10.2. The van der Waals surface area contributed by atoms with Crippen molar-refractivity contribution in [1.29, 1.82) is 0 Å². The zero-order valence-corrected chi connectivity index (χ0v) is 20.6. The molecule has 2 aromatic heterocycles. The van der Waals surface area contributed by atoms with E-state index in [2.05, 4.69) is 45.9 Å². The molecule has 3 rings (SSSR count). The van der Waals surface area contributed by atoms with E-state index in [4.69, 9.17) is 9.47 Å². The summed E-state index contributed by atoms with van der Waals surface area (Å²) in [4.78, 5) is 6.73. The number of rotatable bonds is 12. The van der Waals surface area contributed by atoms with Gasteiger partial charge in [-0.1, -0.05) is 25.2 Å². The zero-order valence-electron chi connectivity index (χ0n) is 19.8. The number of nitrogens with zero attached hydrogens (tertiary/aromatic N) is 3. The maximum atomic E-state index is 5.70. The summed E-state index contributed by atoms with van der Waals surface area (Å²) >= 11 is 1.69. The van der Waals surface area contributed by atoms with Crippen LogP contribution in [0.25, 0.3) is 11.3 Å². The fraction of sp³-hybridized carbons (Fsp3) is 0.440. The van der Waals surface area contributed by atoms with Gasteiger partial charge in [0.2, 0.25) is 0 Å². The first-order valence-electron chi connectivity index (χ1n) is 11.3. The summed E-state index contributed by atoms with van der Waals surface area (Å²) in [6.07, 6.45) is 5.86. The third kappa shape index (κ3) is 5.78. The summed E-state index contributed by atoms with van der Waals surface area (Å²) < 4.78 is 13.6. The van der Waals surface area contributed by atoms with Crippen LogP contribution < -0.4 is 19.4 Å². The predicted molar refractivity (Wildman–Crippen MR) is 132 cm³/mol. The van der Waals surface area contributed by atoms with Gasteiger partial charge in [-0.2, -0.15) is 0 Å². The molecule has 7 heteroatoms. The minimum absolute atomic E-state index is 0.307. The molecule has 0 saturated heterocycles. The van der Waals surface area contributed by atoms with Crippen molar-refractivity contribution in [1.82, 2.24) is 9.88 Å². The quantitative estimate of drug-likeness (QED) is 0.363. The number of ether oxygens (including phenoxy) is 2. The lowest BCUT2D eigenvalue weighted by Gasteiger charge is -2.20. The monoisotopic (exact) mass is 455 g/mol. The molecule has 0 aliphatic carbocycles. The number of hydrogen-bond acceptors (Lipinski definition) is 6. The van der Waals surface area contributed by atoms with E-state index in [1.807, 2.05) is 36.5 Å². The molecule has 0 bridgehead atoms. The van der Waals surface area contributed by atoms with E-state index in [1.165, 1.54) is 0 Å². The molecule has 0 fully saturated rings. The second-order valence-corrected chi connectivity index (χ2v) is 8.61. The van der Waals surface area contributed by atoms with Gasteiger partial charge in [0.05, 0.1) is 32.0 Å². The molecular weight excluding hydrogens is 420 g/mol. The first-order chi connectivity index (χ1) is 15.6. The van der Waals surface area contributed by atoms with Gasteiger partial charge in [-0.25, -0.2) is 9.88 Å². The fourth-order valence-electron chi connectivity index (χ4n) is 3.91. The van der Waals surface area contributed by atoms with Crippen molar-refractivity contribution in [3.05, 3.63) is 48.1 Å². The summed E-state index contributed by atoms with van der Waals surface area (Å²) in [6.45, 7) is 10.0. The smallest absolute Gasteiger partial charge is 0.339 e. The molecule has 1 aromatic carbocycles. The van der Waals surface area contributed by atoms with Gasteiger partial charge in [0.15, 0.2) is 0 Å². The first-order valence-corrected chi connectivity index (χ1v) is 12.1. The highest BCUT2D eigenvalue weighted by Gasteiger charge is 2.26. The lowest BCUT2D eigenvalue weighted by molar-refractivity contribution is -0.692. The zero-order chi connectivity index (χ0) is 22.9. The number of pyridine rings is 1. The number of hydrogen-bond donors (Lipinski definition) is 1. The summed E-state index contributed by atoms with van der Waals surface area (Å²) in [5.41, 5.74) is 3.12. The Labute approximate surface area is 195 Å². The largest absolute Gasteiger partial charge is 0.497 e. The number of nitrogens with one attached hydrogen (secondary N) is 1. The van der Waals surface area contributed by atoms with Crippen LogP contribution in [0.15, 0.2) is 48.1 Å². The molecule has 0 amide bonds. The molecule has 32 heavy (non-hydrogen) atoms. The lowest BCUT2D eigenvalue weighted by atomic mass is 10.1. The Hall–Kier alpha value is -2.64. The van der Waals surface area contributed by atoms with E-state index in [0.717, 1.165) is 66.1 Å². The molecule has 0 radical (unpaired) electrons. The van der Waals surface area contributed by atoms with Crippen molar-refractivity contribution >= 4 is 22.2 Å². The van der Waals surface area contributed by atoms with Crippen LogP contribution >= 0.6 is 11.3 Å². The van der Waals surface area contributed by atoms with Gasteiger partial charge in [0.1, 0.15) is 22.9 Å². The standard InChI is InChI=1S/C25H34N4O2S/c1-6-28(7-2)15-9-10-19(3)29-23(22-16-21(30-4)12-13-24(22)31-5)18-32-25(29)27-20-11-8-14-26-17-20/h8,11-14,16-19H,6-7,9-10,15H2,1-5H3/p+1/t19-/m1/s1. The van der Waals surface area contributed by atoms with E-state index in [0.29, 0.717) is 6.04 Å². The normalized spacial score (nSPS) is 12.1. The van der Waals surface area contributed by atoms with Crippen molar-refractivity contribution in [2.75, 3.05) is 39.2 Å². The lowest BCUT2D eigenvalue weighted by Crippen LogP contribution is -2.40. The second kappa shape index (κ2) is 11.8. The first kappa shape index (κ1) is 24.0. The molecule has 2 heterocycles. The van der Waals surface area contributed by atoms with Crippen LogP contribution in [-0.4, -0.2) is 43.7 Å². The van der Waals surface area contributed by atoms with Crippen LogP contribution in [0.5, 0.6) is 11.5 Å². The minimum Gasteiger partial charge on any atom is -0.497 e. The molecule has 0 aliphatic rings. The number of thiazole rings is 1. The average molecular weight is 456 g/mol. The van der Waals surface area contributed by atoms with E-state index >= 15 is 0 Å². The topological polar surface area (TPSA) is 50.5 Å². The van der Waals surface area contributed by atoms with Crippen molar-refractivity contribution in [2.24, 2.45) is 0 Å². The van der Waals surface area contributed by atoms with Crippen molar-refractivity contribution < 1.29 is 14.0 Å². The molecule has 1 N–H and O–H groups in total. The Kier molecular flexibility index (Phi) is 8.88. The van der Waals surface area contributed by atoms with Crippen LogP contribution in [0.3, 0.4) is 0 Å². The Morgan fingerprint density at radius 1 is 1.16 bits per heavy atom. The van der Waals surface area contributed by atoms with E-state index in [1.54, 1.807) is 31.8 Å². The number of anilines is 2. The van der Waals surface area contributed by atoms with Crippen LogP contribution in [-0.2, 0) is 0 Å². The molecule has 6 nitrogen and oxygen atoms in total. The van der Waals surface area contributed by atoms with Gasteiger partial charge >= 0.3 is 5.13 Å². The fourth-order valence-corrected chi connectivity index (χ4v) is 4.94. The molecule has 0 aliphatic heterocycles. The van der Waals surface area contributed by atoms with Crippen molar-refractivity contribution in [3.63, 3.8) is 0 Å². The van der Waals surface area contributed by atoms with Gasteiger partial charge in [0.25, 0.3) is 0 Å². The molecule has 0 unspecified atom stereocenters. The highest BCUT2D eigenvalue weighted by atomic mass is 32.1. The van der Waals surface area contributed by atoms with Crippen LogP contribution in [0.4, 0.5) is 10.8 Å². The van der Waals surface area contributed by atoms with Crippen LogP contribution in [0.2, 0.25) is 0 Å². The van der Waals surface area contributed by atoms with Gasteiger partial charge < -0.3 is 14.4 Å². The molecule has 172 valence electrons. The SMILES string of the molecule is CCN(CC)CCC[C@@H](C)[n+]1c(-c2cc(OC)ccc2OC)csc1Nc1cccnc1. The van der Waals surface area contributed by atoms with Gasteiger partial charge in [-0.3, -0.25) is 4.98 Å². The molecule has 1 atom stereocenters. The average Bonchev–Trinajstić information content (AvgIpc) is 3.25. The molecule has 0 spiro atoms. The Morgan fingerprint density at radius 3 is 2.62 bits per heavy atom. The summed E-state index contributed by atoms with van der Waals surface area (Å²) in [7, 11) is 3.41. The third-order valence-corrected chi connectivity index (χ3v) is 6.65. The highest BCUT2D eigenvalue weighted by Crippen LogP contribution is 2.36. The summed E-state index contributed by atoms with van der Waals surface area (Å²) in [5.74, 6) is 1.65. The van der Waals surface area contributed by atoms with Crippen molar-refractivity contribution in [2.45, 2.75) is 39.7 Å². The molecule has 0 saturated carbocycles. The predicted octanol–water partition coefficient (Wildman–Crippen LogP) is 5.54. The van der Waals surface area contributed by atoms with Gasteiger partial charge in [-0.15, -0.1) is 0 Å². The van der Waals surface area contributed by atoms with Gasteiger partial charge in [0, 0.05) is 11.6 Å². The molecule has 3 aromatic rings. The second-order valence-electron chi connectivity index (χ2n) is 7.75. The highest BCUT2D eigenvalue weighted by molar-refractivity contribution is 7.13. The minimum atomic E-state index is 0.307. The maximum absolute atomic E-state index is 5.70. The molecular formula is C25H35N4O2S+. The Morgan fingerprint density at radius 2 is 1.97 bits per heavy atom. The van der Waals surface area contributed by atoms with Crippen LogP contribution in [0, 0.1) is 0 Å². The third-order valence-electron chi connectivity index (χ3n) is 5.79. The van der Waals surface area contributed by atoms with E-state index < -0.39 is 0 Å². The Balaban J connectivity index is 1.97. The van der Waals surface area contributed by atoms with Crippen LogP contribution in [0.1, 0.15) is 39.7 Å². The summed E-state index contributed by atoms with van der Waals surface area (Å²) in [5, 5.41) is 6.84. The Bertz CT molecular complexity index is 973. The number of benzene rings is 1. The number of methoxy groups -OCH3 is 2. The van der Waals surface area contributed by atoms with E-state index in [-0.39, 0.29) is 0 Å². The maximum Gasteiger partial charge on any atom is 0.339 e. The van der Waals surface area contributed by atoms with Gasteiger partial charge in [-0.05, 0) is 69.7 Å². The number of aromatic nitrogens is 2. The van der Waals surface area contributed by atoms with E-state index in [9.17, 15) is 0 Å². The van der Waals surface area contributed by atoms with Crippen molar-refractivity contribution in [3.8, 4) is 22.8 Å².